The lowest BCUT2D eigenvalue weighted by atomic mass is 10.0. The van der Waals surface area contributed by atoms with Gasteiger partial charge in [0.1, 0.15) is 0 Å². The van der Waals surface area contributed by atoms with Gasteiger partial charge in [0.15, 0.2) is 0 Å². The van der Waals surface area contributed by atoms with Crippen molar-refractivity contribution >= 4 is 5.91 Å². The number of hydrogen-bond donors (Lipinski definition) is 2. The van der Waals surface area contributed by atoms with Gasteiger partial charge in [0, 0.05) is 24.7 Å². The van der Waals surface area contributed by atoms with E-state index in [1.54, 1.807) is 17.1 Å². The maximum Gasteiger partial charge on any atom is 0.221 e. The highest BCUT2D eigenvalue weighted by atomic mass is 16.1. The summed E-state index contributed by atoms with van der Waals surface area (Å²) in [6.45, 7) is 4.81. The summed E-state index contributed by atoms with van der Waals surface area (Å²) >= 11 is 0. The van der Waals surface area contributed by atoms with E-state index in [0.29, 0.717) is 19.5 Å². The lowest BCUT2D eigenvalue weighted by Gasteiger charge is -2.17. The molecule has 0 bridgehead atoms. The SMILES string of the molecule is CC(C)(N)CC(=O)NCCn1ccnn1. The van der Waals surface area contributed by atoms with Crippen molar-refractivity contribution in [3.05, 3.63) is 12.4 Å². The minimum atomic E-state index is -0.461. The van der Waals surface area contributed by atoms with Crippen LogP contribution >= 0.6 is 0 Å². The largest absolute Gasteiger partial charge is 0.354 e. The van der Waals surface area contributed by atoms with Crippen LogP contribution in [0.5, 0.6) is 0 Å². The van der Waals surface area contributed by atoms with Crippen molar-refractivity contribution in [2.24, 2.45) is 5.73 Å². The second-order valence-electron chi connectivity index (χ2n) is 4.18. The third-order valence-corrected chi connectivity index (χ3v) is 1.75. The Kier molecular flexibility index (Phi) is 3.79. The Morgan fingerprint density at radius 2 is 2.33 bits per heavy atom. The number of aromatic nitrogens is 3. The average molecular weight is 211 g/mol. The van der Waals surface area contributed by atoms with Gasteiger partial charge in [-0.3, -0.25) is 9.48 Å². The quantitative estimate of drug-likeness (QED) is 0.689. The van der Waals surface area contributed by atoms with Gasteiger partial charge in [-0.1, -0.05) is 5.21 Å². The van der Waals surface area contributed by atoms with Crippen molar-refractivity contribution in [3.63, 3.8) is 0 Å². The number of amides is 1. The van der Waals surface area contributed by atoms with E-state index in [4.69, 9.17) is 5.73 Å². The first kappa shape index (κ1) is 11.6. The second kappa shape index (κ2) is 4.88. The predicted octanol–water partition coefficient (Wildman–Crippen LogP) is -0.478. The van der Waals surface area contributed by atoms with Crippen LogP contribution in [0.15, 0.2) is 12.4 Å². The first-order valence-corrected chi connectivity index (χ1v) is 4.87. The van der Waals surface area contributed by atoms with Gasteiger partial charge in [0.2, 0.25) is 5.91 Å². The van der Waals surface area contributed by atoms with Crippen LogP contribution in [-0.2, 0) is 11.3 Å². The van der Waals surface area contributed by atoms with Crippen molar-refractivity contribution in [3.8, 4) is 0 Å². The van der Waals surface area contributed by atoms with Gasteiger partial charge in [0.25, 0.3) is 0 Å². The van der Waals surface area contributed by atoms with E-state index < -0.39 is 5.54 Å². The Bertz CT molecular complexity index is 301. The third kappa shape index (κ3) is 5.11. The number of nitrogens with one attached hydrogen (secondary N) is 1. The Labute approximate surface area is 88.8 Å². The Morgan fingerprint density at radius 3 is 2.87 bits per heavy atom. The van der Waals surface area contributed by atoms with E-state index >= 15 is 0 Å². The summed E-state index contributed by atoms with van der Waals surface area (Å²) in [5.41, 5.74) is 5.25. The van der Waals surface area contributed by atoms with Crippen molar-refractivity contribution < 1.29 is 4.79 Å². The van der Waals surface area contributed by atoms with Gasteiger partial charge in [-0.2, -0.15) is 0 Å². The molecule has 0 aliphatic carbocycles. The fourth-order valence-corrected chi connectivity index (χ4v) is 1.14. The molecule has 6 heteroatoms. The van der Waals surface area contributed by atoms with Crippen LogP contribution in [0.2, 0.25) is 0 Å². The number of carbonyl (C=O) groups is 1. The number of nitrogens with zero attached hydrogens (tertiary/aromatic N) is 3. The summed E-state index contributed by atoms with van der Waals surface area (Å²) in [6, 6.07) is 0. The standard InChI is InChI=1S/C9H17N5O/c1-9(2,10)7-8(15)11-3-5-14-6-4-12-13-14/h4,6H,3,5,7,10H2,1-2H3,(H,11,15). The van der Waals surface area contributed by atoms with E-state index in [2.05, 4.69) is 15.6 Å². The van der Waals surface area contributed by atoms with Gasteiger partial charge in [-0.05, 0) is 13.8 Å². The molecule has 0 saturated heterocycles. The molecule has 0 aliphatic rings. The van der Waals surface area contributed by atoms with Crippen LogP contribution in [0, 0.1) is 0 Å². The number of hydrogen-bond acceptors (Lipinski definition) is 4. The molecule has 0 fully saturated rings. The summed E-state index contributed by atoms with van der Waals surface area (Å²) in [4.78, 5) is 11.4. The average Bonchev–Trinajstić information content (AvgIpc) is 2.53. The van der Waals surface area contributed by atoms with Crippen LogP contribution in [0.25, 0.3) is 0 Å². The summed E-state index contributed by atoms with van der Waals surface area (Å²) in [7, 11) is 0. The second-order valence-corrected chi connectivity index (χ2v) is 4.18. The molecule has 6 nitrogen and oxygen atoms in total. The van der Waals surface area contributed by atoms with Crippen LogP contribution in [0.3, 0.4) is 0 Å². The van der Waals surface area contributed by atoms with Crippen LogP contribution in [0.4, 0.5) is 0 Å². The van der Waals surface area contributed by atoms with E-state index in [1.165, 1.54) is 0 Å². The normalized spacial score (nSPS) is 11.4. The molecule has 0 saturated carbocycles. The van der Waals surface area contributed by atoms with Crippen LogP contribution < -0.4 is 11.1 Å². The van der Waals surface area contributed by atoms with Gasteiger partial charge in [0.05, 0.1) is 12.7 Å². The Morgan fingerprint density at radius 1 is 1.60 bits per heavy atom. The first-order chi connectivity index (χ1) is 6.97. The highest BCUT2D eigenvalue weighted by Crippen LogP contribution is 2.02. The first-order valence-electron chi connectivity index (χ1n) is 4.87. The molecule has 1 rings (SSSR count). The lowest BCUT2D eigenvalue weighted by molar-refractivity contribution is -0.122. The smallest absolute Gasteiger partial charge is 0.221 e. The number of carbonyl (C=O) groups excluding carboxylic acids is 1. The molecule has 0 spiro atoms. The summed E-state index contributed by atoms with van der Waals surface area (Å²) in [5, 5.41) is 10.2. The molecular formula is C9H17N5O. The summed E-state index contributed by atoms with van der Waals surface area (Å²) in [5.74, 6) is -0.0392. The molecule has 1 aromatic heterocycles. The third-order valence-electron chi connectivity index (χ3n) is 1.75. The highest BCUT2D eigenvalue weighted by Gasteiger charge is 2.15. The number of nitrogens with two attached hydrogens (primary N) is 1. The number of rotatable bonds is 5. The molecule has 0 unspecified atom stereocenters. The minimum absolute atomic E-state index is 0.0392. The highest BCUT2D eigenvalue weighted by molar-refractivity contribution is 5.76. The zero-order chi connectivity index (χ0) is 11.3. The maximum atomic E-state index is 11.4. The van der Waals surface area contributed by atoms with Gasteiger partial charge in [-0.15, -0.1) is 5.10 Å². The zero-order valence-corrected chi connectivity index (χ0v) is 9.10. The molecular weight excluding hydrogens is 194 g/mol. The molecule has 15 heavy (non-hydrogen) atoms. The zero-order valence-electron chi connectivity index (χ0n) is 9.10. The molecule has 0 aromatic carbocycles. The Hall–Kier alpha value is -1.43. The van der Waals surface area contributed by atoms with Crippen molar-refractivity contribution in [1.29, 1.82) is 0 Å². The molecule has 3 N–H and O–H groups in total. The van der Waals surface area contributed by atoms with Crippen molar-refractivity contribution in [2.75, 3.05) is 6.54 Å². The van der Waals surface area contributed by atoms with Crippen LogP contribution in [-0.4, -0.2) is 33.0 Å². The predicted molar refractivity (Wildman–Crippen MR) is 55.9 cm³/mol. The summed E-state index contributed by atoms with van der Waals surface area (Å²) < 4.78 is 1.66. The Balaban J connectivity index is 2.18. The lowest BCUT2D eigenvalue weighted by Crippen LogP contribution is -2.39. The van der Waals surface area contributed by atoms with Gasteiger partial charge >= 0.3 is 0 Å². The fraction of sp³-hybridized carbons (Fsp3) is 0.667. The van der Waals surface area contributed by atoms with Crippen LogP contribution in [0.1, 0.15) is 20.3 Å². The van der Waals surface area contributed by atoms with E-state index in [-0.39, 0.29) is 5.91 Å². The molecule has 1 heterocycles. The summed E-state index contributed by atoms with van der Waals surface area (Å²) in [6.07, 6.45) is 3.67. The van der Waals surface area contributed by atoms with Gasteiger partial charge in [-0.25, -0.2) is 0 Å². The fourth-order valence-electron chi connectivity index (χ4n) is 1.14. The van der Waals surface area contributed by atoms with Crippen molar-refractivity contribution in [1.82, 2.24) is 20.3 Å². The molecule has 84 valence electrons. The monoisotopic (exact) mass is 211 g/mol. The maximum absolute atomic E-state index is 11.4. The van der Waals surface area contributed by atoms with E-state index in [9.17, 15) is 4.79 Å². The molecule has 0 atom stereocenters. The van der Waals surface area contributed by atoms with E-state index in [0.717, 1.165) is 0 Å². The minimum Gasteiger partial charge on any atom is -0.354 e. The molecule has 1 amide bonds. The van der Waals surface area contributed by atoms with Crippen molar-refractivity contribution in [2.45, 2.75) is 32.4 Å². The molecule has 0 aliphatic heterocycles. The molecule has 0 radical (unpaired) electrons. The van der Waals surface area contributed by atoms with Gasteiger partial charge < -0.3 is 11.1 Å². The topological polar surface area (TPSA) is 85.8 Å². The van der Waals surface area contributed by atoms with E-state index in [1.807, 2.05) is 13.8 Å². The molecule has 1 aromatic rings.